The quantitative estimate of drug-likeness (QED) is 0.325. The summed E-state index contributed by atoms with van der Waals surface area (Å²) in [5.74, 6) is 2.45. The van der Waals surface area contributed by atoms with E-state index in [2.05, 4.69) is 10.9 Å². The van der Waals surface area contributed by atoms with E-state index in [0.717, 1.165) is 0 Å². The largest absolute Gasteiger partial charge is 0.293 e. The van der Waals surface area contributed by atoms with Crippen LogP contribution in [0.2, 0.25) is 0 Å². The third kappa shape index (κ3) is 3.85. The van der Waals surface area contributed by atoms with Crippen LogP contribution in [0.25, 0.3) is 0 Å². The molecular weight excluding hydrogens is 126 g/mol. The van der Waals surface area contributed by atoms with Gasteiger partial charge in [-0.05, 0) is 6.92 Å². The number of aliphatic imine (C=N–C) groups is 1. The van der Waals surface area contributed by atoms with E-state index >= 15 is 0 Å². The van der Waals surface area contributed by atoms with Crippen LogP contribution in [0.15, 0.2) is 4.99 Å². The predicted octanol–water partition coefficient (Wildman–Crippen LogP) is 1.06. The average Bonchev–Trinajstić information content (AvgIpc) is 1.88. The minimum absolute atomic E-state index is 0.0111. The Morgan fingerprint density at radius 1 is 1.60 bits per heavy atom. The van der Waals surface area contributed by atoms with E-state index in [4.69, 9.17) is 6.42 Å². The summed E-state index contributed by atoms with van der Waals surface area (Å²) in [5, 5.41) is 0. The molecule has 0 aliphatic rings. The molecule has 0 saturated carbocycles. The molecule has 0 radical (unpaired) electrons. The molecule has 0 aliphatic heterocycles. The summed E-state index contributed by atoms with van der Waals surface area (Å²) in [5.41, 5.74) is 0.551. The summed E-state index contributed by atoms with van der Waals surface area (Å²) in [6.07, 6.45) is 5.59. The fourth-order valence-electron chi connectivity index (χ4n) is 0.399. The number of ketones is 1. The number of hydrogen-bond acceptors (Lipinski definition) is 2. The van der Waals surface area contributed by atoms with Gasteiger partial charge in [0, 0.05) is 13.3 Å². The maximum absolute atomic E-state index is 10.6. The highest BCUT2D eigenvalue weighted by Gasteiger charge is 1.94. The van der Waals surface area contributed by atoms with Crippen LogP contribution in [0.3, 0.4) is 0 Å². The van der Waals surface area contributed by atoms with Crippen molar-refractivity contribution in [1.29, 1.82) is 0 Å². The maximum atomic E-state index is 10.6. The lowest BCUT2D eigenvalue weighted by Crippen LogP contribution is -2.04. The number of hydrogen-bond donors (Lipinski definition) is 0. The second-order valence-corrected chi connectivity index (χ2v) is 1.98. The molecule has 0 rings (SSSR count). The molecule has 2 heteroatoms. The molecule has 0 amide bonds. The summed E-state index contributed by atoms with van der Waals surface area (Å²) in [7, 11) is 0. The third-order valence-electron chi connectivity index (χ3n) is 1.11. The molecule has 0 atom stereocenters. The summed E-state index contributed by atoms with van der Waals surface area (Å²) >= 11 is 0. The van der Waals surface area contributed by atoms with Crippen LogP contribution in [0, 0.1) is 12.3 Å². The highest BCUT2D eigenvalue weighted by Crippen LogP contribution is 1.83. The summed E-state index contributed by atoms with van der Waals surface area (Å²) in [4.78, 5) is 14.5. The zero-order valence-electron chi connectivity index (χ0n) is 6.35. The topological polar surface area (TPSA) is 29.4 Å². The van der Waals surface area contributed by atoms with Crippen molar-refractivity contribution in [2.24, 2.45) is 4.99 Å². The van der Waals surface area contributed by atoms with E-state index in [1.165, 1.54) is 6.92 Å². The standard InChI is InChI=1S/C8H11NO/c1-4-5-6-9-7(2)8(3)10/h1H,5-6H2,2-3H3. The highest BCUT2D eigenvalue weighted by atomic mass is 16.1. The van der Waals surface area contributed by atoms with Crippen molar-refractivity contribution in [1.82, 2.24) is 0 Å². The van der Waals surface area contributed by atoms with Crippen molar-refractivity contribution in [2.45, 2.75) is 20.3 Å². The molecular formula is C8H11NO. The van der Waals surface area contributed by atoms with Crippen LogP contribution in [0.1, 0.15) is 20.3 Å². The number of rotatable bonds is 3. The first-order valence-corrected chi connectivity index (χ1v) is 3.14. The van der Waals surface area contributed by atoms with Crippen LogP contribution in [-0.4, -0.2) is 18.0 Å². The lowest BCUT2D eigenvalue weighted by molar-refractivity contribution is -0.111. The molecule has 0 fully saturated rings. The van der Waals surface area contributed by atoms with Crippen LogP contribution >= 0.6 is 0 Å². The van der Waals surface area contributed by atoms with Crippen LogP contribution in [-0.2, 0) is 4.79 Å². The van der Waals surface area contributed by atoms with Crippen molar-refractivity contribution >= 4 is 11.5 Å². The maximum Gasteiger partial charge on any atom is 0.173 e. The molecule has 0 aromatic carbocycles. The number of Topliss-reactive ketones (excluding diaryl/α,β-unsaturated/α-hetero) is 1. The van der Waals surface area contributed by atoms with Gasteiger partial charge in [-0.1, -0.05) is 0 Å². The Labute approximate surface area is 61.3 Å². The molecule has 54 valence electrons. The second-order valence-electron chi connectivity index (χ2n) is 1.98. The van der Waals surface area contributed by atoms with E-state index in [9.17, 15) is 4.79 Å². The fraction of sp³-hybridized carbons (Fsp3) is 0.500. The molecule has 10 heavy (non-hydrogen) atoms. The van der Waals surface area contributed by atoms with Gasteiger partial charge in [-0.25, -0.2) is 0 Å². The average molecular weight is 137 g/mol. The van der Waals surface area contributed by atoms with Gasteiger partial charge in [0.05, 0.1) is 12.3 Å². The lowest BCUT2D eigenvalue weighted by Gasteiger charge is -1.90. The van der Waals surface area contributed by atoms with Gasteiger partial charge in [0.15, 0.2) is 5.78 Å². The van der Waals surface area contributed by atoms with Crippen LogP contribution < -0.4 is 0 Å². The molecule has 0 spiro atoms. The summed E-state index contributed by atoms with van der Waals surface area (Å²) in [6, 6.07) is 0. The normalized spacial score (nSPS) is 10.7. The molecule has 0 heterocycles. The van der Waals surface area contributed by atoms with E-state index in [1.54, 1.807) is 6.92 Å². The molecule has 0 saturated heterocycles. The first-order chi connectivity index (χ1) is 4.68. The number of terminal acetylenes is 1. The zero-order chi connectivity index (χ0) is 7.98. The SMILES string of the molecule is C#CCCN=C(C)C(C)=O. The van der Waals surface area contributed by atoms with Gasteiger partial charge in [0.1, 0.15) is 0 Å². The van der Waals surface area contributed by atoms with E-state index in [-0.39, 0.29) is 5.78 Å². The monoisotopic (exact) mass is 137 g/mol. The van der Waals surface area contributed by atoms with Crippen molar-refractivity contribution in [3.8, 4) is 12.3 Å². The minimum atomic E-state index is 0.0111. The van der Waals surface area contributed by atoms with Gasteiger partial charge >= 0.3 is 0 Å². The molecule has 0 bridgehead atoms. The number of carbonyl (C=O) groups excluding carboxylic acids is 1. The highest BCUT2D eigenvalue weighted by molar-refractivity contribution is 6.37. The first-order valence-electron chi connectivity index (χ1n) is 3.14. The number of nitrogens with zero attached hydrogens (tertiary/aromatic N) is 1. The van der Waals surface area contributed by atoms with Gasteiger partial charge in [-0.15, -0.1) is 12.3 Å². The van der Waals surface area contributed by atoms with Gasteiger partial charge in [0.2, 0.25) is 0 Å². The Morgan fingerprint density at radius 2 is 2.20 bits per heavy atom. The van der Waals surface area contributed by atoms with Crippen molar-refractivity contribution in [2.75, 3.05) is 6.54 Å². The van der Waals surface area contributed by atoms with Gasteiger partial charge in [-0.3, -0.25) is 9.79 Å². The molecule has 0 aliphatic carbocycles. The van der Waals surface area contributed by atoms with Gasteiger partial charge in [-0.2, -0.15) is 0 Å². The number of carbonyl (C=O) groups is 1. The first kappa shape index (κ1) is 8.90. The molecule has 0 unspecified atom stereocenters. The fourth-order valence-corrected chi connectivity index (χ4v) is 0.399. The van der Waals surface area contributed by atoms with E-state index in [0.29, 0.717) is 18.7 Å². The van der Waals surface area contributed by atoms with Crippen molar-refractivity contribution < 1.29 is 4.79 Å². The van der Waals surface area contributed by atoms with Crippen LogP contribution in [0.4, 0.5) is 0 Å². The van der Waals surface area contributed by atoms with E-state index in [1.807, 2.05) is 0 Å². The third-order valence-corrected chi connectivity index (χ3v) is 1.11. The Kier molecular flexibility index (Phi) is 4.23. The van der Waals surface area contributed by atoms with Gasteiger partial charge in [0.25, 0.3) is 0 Å². The Morgan fingerprint density at radius 3 is 2.60 bits per heavy atom. The Balaban J connectivity index is 3.72. The lowest BCUT2D eigenvalue weighted by atomic mass is 10.3. The summed E-state index contributed by atoms with van der Waals surface area (Å²) < 4.78 is 0. The molecule has 2 nitrogen and oxygen atoms in total. The zero-order valence-corrected chi connectivity index (χ0v) is 6.35. The summed E-state index contributed by atoms with van der Waals surface area (Å²) in [6.45, 7) is 3.75. The molecule has 0 aromatic rings. The Bertz CT molecular complexity index is 186. The Hall–Kier alpha value is -1.10. The molecule has 0 N–H and O–H groups in total. The smallest absolute Gasteiger partial charge is 0.173 e. The van der Waals surface area contributed by atoms with E-state index < -0.39 is 0 Å². The van der Waals surface area contributed by atoms with Crippen molar-refractivity contribution in [3.05, 3.63) is 0 Å². The van der Waals surface area contributed by atoms with Crippen molar-refractivity contribution in [3.63, 3.8) is 0 Å². The predicted molar refractivity (Wildman–Crippen MR) is 42.1 cm³/mol. The molecule has 0 aromatic heterocycles. The van der Waals surface area contributed by atoms with Gasteiger partial charge < -0.3 is 0 Å². The van der Waals surface area contributed by atoms with Crippen LogP contribution in [0.5, 0.6) is 0 Å². The minimum Gasteiger partial charge on any atom is -0.293 e. The second kappa shape index (κ2) is 4.75.